The molecule has 0 unspecified atom stereocenters. The lowest BCUT2D eigenvalue weighted by molar-refractivity contribution is -0.141. The minimum atomic E-state index is -4.53. The van der Waals surface area contributed by atoms with Crippen molar-refractivity contribution < 1.29 is 32.9 Å². The van der Waals surface area contributed by atoms with Crippen LogP contribution in [0.15, 0.2) is 18.2 Å². The molecule has 3 heterocycles. The first-order chi connectivity index (χ1) is 12.6. The van der Waals surface area contributed by atoms with E-state index in [0.29, 0.717) is 0 Å². The Balaban J connectivity index is 1.60. The predicted molar refractivity (Wildman–Crippen MR) is 89.0 cm³/mol. The number of hydrogen-bond donors (Lipinski definition) is 3. The molecule has 152 valence electrons. The molecular weight excluding hydrogens is 370 g/mol. The zero-order valence-corrected chi connectivity index (χ0v) is 14.6. The van der Waals surface area contributed by atoms with E-state index in [2.05, 4.69) is 4.98 Å². The average Bonchev–Trinajstić information content (AvgIpc) is 2.59. The first-order valence-corrected chi connectivity index (χ1v) is 8.82. The van der Waals surface area contributed by atoms with E-state index in [9.17, 15) is 28.5 Å². The quantitative estimate of drug-likeness (QED) is 0.660. The number of rotatable bonds is 3. The van der Waals surface area contributed by atoms with Gasteiger partial charge in [0.2, 0.25) is 0 Å². The molecule has 1 aromatic heterocycles. The van der Waals surface area contributed by atoms with Gasteiger partial charge in [-0.3, -0.25) is 4.90 Å². The Morgan fingerprint density at radius 3 is 2.22 bits per heavy atom. The molecule has 27 heavy (non-hydrogen) atoms. The molecule has 3 rings (SSSR count). The van der Waals surface area contributed by atoms with E-state index in [1.165, 1.54) is 12.1 Å². The summed E-state index contributed by atoms with van der Waals surface area (Å²) in [5.41, 5.74) is -2.56. The van der Waals surface area contributed by atoms with Crippen molar-refractivity contribution in [1.29, 1.82) is 0 Å². The standard InChI is InChI=1S/C17H23F4N3O3/c18-16(10-23-8-11(25)15(27)12(26)9-23)4-6-24(7-5-16)14-3-1-2-13(22-14)17(19,20)21/h1-3,11-12,15,25-27H,4-10H2/t11-,12+,15+. The van der Waals surface area contributed by atoms with Crippen molar-refractivity contribution in [2.24, 2.45) is 0 Å². The Kier molecular flexibility index (Phi) is 5.62. The van der Waals surface area contributed by atoms with Crippen LogP contribution in [0.4, 0.5) is 23.4 Å². The third-order valence-electron chi connectivity index (χ3n) is 5.19. The van der Waals surface area contributed by atoms with Gasteiger partial charge in [-0.15, -0.1) is 0 Å². The molecule has 1 aromatic rings. The topological polar surface area (TPSA) is 80.1 Å². The van der Waals surface area contributed by atoms with Crippen LogP contribution in [0, 0.1) is 0 Å². The summed E-state index contributed by atoms with van der Waals surface area (Å²) in [4.78, 5) is 6.82. The molecule has 0 amide bonds. The Bertz CT molecular complexity index is 641. The minimum Gasteiger partial charge on any atom is -0.389 e. The van der Waals surface area contributed by atoms with Crippen molar-refractivity contribution >= 4 is 5.82 Å². The van der Waals surface area contributed by atoms with Gasteiger partial charge in [0.15, 0.2) is 0 Å². The van der Waals surface area contributed by atoms with Gasteiger partial charge >= 0.3 is 6.18 Å². The zero-order chi connectivity index (χ0) is 19.8. The molecule has 0 spiro atoms. The number of aliphatic hydroxyl groups is 3. The fourth-order valence-electron chi connectivity index (χ4n) is 3.66. The number of nitrogens with zero attached hydrogens (tertiary/aromatic N) is 3. The Hall–Kier alpha value is -1.49. The van der Waals surface area contributed by atoms with E-state index < -0.39 is 35.9 Å². The predicted octanol–water partition coefficient (Wildman–Crippen LogP) is 0.807. The van der Waals surface area contributed by atoms with Gasteiger partial charge in [-0.1, -0.05) is 6.07 Å². The number of pyridine rings is 1. The first kappa shape index (κ1) is 20.2. The van der Waals surface area contributed by atoms with Gasteiger partial charge in [0.25, 0.3) is 0 Å². The average molecular weight is 393 g/mol. The van der Waals surface area contributed by atoms with Crippen molar-refractivity contribution in [2.45, 2.75) is 43.0 Å². The summed E-state index contributed by atoms with van der Waals surface area (Å²) in [6.07, 6.45) is -7.88. The SMILES string of the molecule is O[C@H]1[C@H](O)CN(CC2(F)CCN(c3cccc(C(F)(F)F)n3)CC2)C[C@@H]1O. The van der Waals surface area contributed by atoms with Crippen molar-refractivity contribution in [3.05, 3.63) is 23.9 Å². The van der Waals surface area contributed by atoms with Crippen LogP contribution in [0.3, 0.4) is 0 Å². The van der Waals surface area contributed by atoms with E-state index >= 15 is 4.39 Å². The smallest absolute Gasteiger partial charge is 0.389 e. The number of halogens is 4. The van der Waals surface area contributed by atoms with Crippen molar-refractivity contribution in [3.63, 3.8) is 0 Å². The van der Waals surface area contributed by atoms with Gasteiger partial charge in [-0.05, 0) is 12.1 Å². The fourth-order valence-corrected chi connectivity index (χ4v) is 3.66. The van der Waals surface area contributed by atoms with Crippen molar-refractivity contribution in [1.82, 2.24) is 9.88 Å². The zero-order valence-electron chi connectivity index (χ0n) is 14.6. The summed E-state index contributed by atoms with van der Waals surface area (Å²) in [7, 11) is 0. The lowest BCUT2D eigenvalue weighted by Gasteiger charge is -2.43. The number of β-amino-alcohol motifs (C(OH)–C–C–N with tert-alkyl or cyclic N) is 2. The minimum absolute atomic E-state index is 0.0162. The second-order valence-corrected chi connectivity index (χ2v) is 7.34. The summed E-state index contributed by atoms with van der Waals surface area (Å²) >= 11 is 0. The molecule has 0 radical (unpaired) electrons. The normalized spacial score (nSPS) is 29.7. The highest BCUT2D eigenvalue weighted by Crippen LogP contribution is 2.33. The van der Waals surface area contributed by atoms with E-state index in [1.54, 1.807) is 9.80 Å². The molecule has 0 saturated carbocycles. The number of aliphatic hydroxyl groups excluding tert-OH is 3. The van der Waals surface area contributed by atoms with Crippen LogP contribution in [-0.2, 0) is 6.18 Å². The molecule has 10 heteroatoms. The maximum absolute atomic E-state index is 15.2. The number of alkyl halides is 4. The van der Waals surface area contributed by atoms with E-state index in [4.69, 9.17) is 0 Å². The van der Waals surface area contributed by atoms with Crippen LogP contribution in [0.1, 0.15) is 18.5 Å². The third kappa shape index (κ3) is 4.68. The fraction of sp³-hybridized carbons (Fsp3) is 0.706. The molecule has 2 fully saturated rings. The third-order valence-corrected chi connectivity index (χ3v) is 5.19. The molecule has 3 atom stereocenters. The molecule has 0 aromatic carbocycles. The van der Waals surface area contributed by atoms with Gasteiger partial charge in [0, 0.05) is 45.6 Å². The van der Waals surface area contributed by atoms with Gasteiger partial charge in [-0.25, -0.2) is 9.37 Å². The van der Waals surface area contributed by atoms with Crippen LogP contribution in [0.5, 0.6) is 0 Å². The number of aromatic nitrogens is 1. The highest BCUT2D eigenvalue weighted by molar-refractivity contribution is 5.40. The van der Waals surface area contributed by atoms with E-state index in [0.717, 1.165) is 6.07 Å². The summed E-state index contributed by atoms with van der Waals surface area (Å²) in [6, 6.07) is 3.65. The Morgan fingerprint density at radius 2 is 1.67 bits per heavy atom. The maximum atomic E-state index is 15.2. The second-order valence-electron chi connectivity index (χ2n) is 7.34. The lowest BCUT2D eigenvalue weighted by atomic mass is 9.91. The van der Waals surface area contributed by atoms with Gasteiger partial charge in [0.05, 0.1) is 12.2 Å². The van der Waals surface area contributed by atoms with E-state index in [1.807, 2.05) is 0 Å². The molecule has 0 bridgehead atoms. The maximum Gasteiger partial charge on any atom is 0.433 e. The molecule has 2 saturated heterocycles. The molecule has 3 N–H and O–H groups in total. The highest BCUT2D eigenvalue weighted by atomic mass is 19.4. The number of likely N-dealkylation sites (tertiary alicyclic amines) is 1. The van der Waals surface area contributed by atoms with Gasteiger partial charge < -0.3 is 20.2 Å². The number of piperidine rings is 2. The summed E-state index contributed by atoms with van der Waals surface area (Å²) in [5.74, 6) is 0.166. The molecule has 2 aliphatic heterocycles. The van der Waals surface area contributed by atoms with Crippen LogP contribution in [-0.4, -0.2) is 81.9 Å². The molecule has 6 nitrogen and oxygen atoms in total. The lowest BCUT2D eigenvalue weighted by Crippen LogP contribution is -2.58. The van der Waals surface area contributed by atoms with Crippen LogP contribution in [0.2, 0.25) is 0 Å². The largest absolute Gasteiger partial charge is 0.433 e. The Morgan fingerprint density at radius 1 is 1.07 bits per heavy atom. The summed E-state index contributed by atoms with van der Waals surface area (Å²) in [6.45, 7) is 0.530. The Labute approximate surface area is 154 Å². The van der Waals surface area contributed by atoms with Crippen LogP contribution < -0.4 is 4.90 Å². The van der Waals surface area contributed by atoms with Crippen LogP contribution in [0.25, 0.3) is 0 Å². The van der Waals surface area contributed by atoms with Crippen molar-refractivity contribution in [2.75, 3.05) is 37.6 Å². The van der Waals surface area contributed by atoms with Gasteiger partial charge in [-0.2, -0.15) is 13.2 Å². The molecule has 0 aliphatic carbocycles. The molecule has 2 aliphatic rings. The number of anilines is 1. The van der Waals surface area contributed by atoms with E-state index in [-0.39, 0.29) is 51.4 Å². The van der Waals surface area contributed by atoms with Crippen molar-refractivity contribution in [3.8, 4) is 0 Å². The van der Waals surface area contributed by atoms with Gasteiger partial charge in [0.1, 0.15) is 23.3 Å². The molecular formula is C17H23F4N3O3. The second kappa shape index (κ2) is 7.50. The first-order valence-electron chi connectivity index (χ1n) is 8.82. The number of hydrogen-bond acceptors (Lipinski definition) is 6. The monoisotopic (exact) mass is 393 g/mol. The summed E-state index contributed by atoms with van der Waals surface area (Å²) < 4.78 is 53.6. The highest BCUT2D eigenvalue weighted by Gasteiger charge is 2.41. The summed E-state index contributed by atoms with van der Waals surface area (Å²) in [5, 5.41) is 29.0. The van der Waals surface area contributed by atoms with Crippen LogP contribution >= 0.6 is 0 Å².